The molecule has 1 amide bonds. The van der Waals surface area contributed by atoms with Gasteiger partial charge in [-0.1, -0.05) is 18.2 Å². The maximum Gasteiger partial charge on any atom is 0.275 e. The third kappa shape index (κ3) is 4.14. The van der Waals surface area contributed by atoms with Crippen molar-refractivity contribution in [2.24, 2.45) is 5.73 Å². The summed E-state index contributed by atoms with van der Waals surface area (Å²) in [4.78, 5) is 16.3. The molecule has 0 spiro atoms. The van der Waals surface area contributed by atoms with Crippen LogP contribution in [0.15, 0.2) is 36.8 Å². The van der Waals surface area contributed by atoms with Crippen LogP contribution in [0.2, 0.25) is 0 Å². The maximum absolute atomic E-state index is 12.2. The van der Waals surface area contributed by atoms with Gasteiger partial charge in [-0.2, -0.15) is 0 Å². The molecule has 6 nitrogen and oxygen atoms in total. The number of imidazole rings is 1. The van der Waals surface area contributed by atoms with E-state index in [1.165, 1.54) is 0 Å². The first-order chi connectivity index (χ1) is 10.2. The van der Waals surface area contributed by atoms with Crippen molar-refractivity contribution in [1.82, 2.24) is 9.55 Å². The first-order valence-corrected chi connectivity index (χ1v) is 6.93. The number of ether oxygens (including phenoxy) is 1. The smallest absolute Gasteiger partial charge is 0.275 e. The second-order valence-corrected chi connectivity index (χ2v) is 4.53. The quantitative estimate of drug-likeness (QED) is 0.811. The van der Waals surface area contributed by atoms with E-state index in [2.05, 4.69) is 10.3 Å². The molecule has 1 aromatic heterocycles. The fourth-order valence-electron chi connectivity index (χ4n) is 1.92. The number of carbonyl (C=O) groups excluding carboxylic acids is 1. The van der Waals surface area contributed by atoms with E-state index in [0.717, 1.165) is 11.3 Å². The van der Waals surface area contributed by atoms with Gasteiger partial charge in [-0.15, -0.1) is 0 Å². The second kappa shape index (κ2) is 7.56. The van der Waals surface area contributed by atoms with E-state index in [1.54, 1.807) is 17.1 Å². The Morgan fingerprint density at radius 2 is 2.24 bits per heavy atom. The molecule has 2 rings (SSSR count). The van der Waals surface area contributed by atoms with Gasteiger partial charge in [-0.25, -0.2) is 4.98 Å². The second-order valence-electron chi connectivity index (χ2n) is 4.53. The Hall–Kier alpha value is -2.18. The molecular formula is C15H20N4O2. The molecule has 0 fully saturated rings. The number of aromatic nitrogens is 2. The number of carbonyl (C=O) groups is 1. The fraction of sp³-hybridized carbons (Fsp3) is 0.333. The zero-order valence-corrected chi connectivity index (χ0v) is 12.1. The van der Waals surface area contributed by atoms with Gasteiger partial charge < -0.3 is 20.4 Å². The number of para-hydroxylation sites is 1. The Kier molecular flexibility index (Phi) is 5.48. The molecule has 1 aromatic carbocycles. The van der Waals surface area contributed by atoms with Gasteiger partial charge in [0, 0.05) is 37.1 Å². The van der Waals surface area contributed by atoms with Crippen molar-refractivity contribution < 1.29 is 9.53 Å². The molecule has 0 bridgehead atoms. The third-order valence-corrected chi connectivity index (χ3v) is 2.98. The van der Waals surface area contributed by atoms with Gasteiger partial charge in [-0.3, -0.25) is 4.79 Å². The zero-order valence-electron chi connectivity index (χ0n) is 12.1. The molecule has 0 aliphatic heterocycles. The van der Waals surface area contributed by atoms with Gasteiger partial charge in [0.25, 0.3) is 5.91 Å². The highest BCUT2D eigenvalue weighted by Crippen LogP contribution is 2.17. The van der Waals surface area contributed by atoms with E-state index < -0.39 is 0 Å². The molecule has 0 aliphatic carbocycles. The number of nitrogens with two attached hydrogens (primary N) is 1. The zero-order chi connectivity index (χ0) is 15.1. The van der Waals surface area contributed by atoms with Gasteiger partial charge in [-0.05, 0) is 13.0 Å². The number of nitrogens with one attached hydrogen (secondary N) is 1. The average molecular weight is 288 g/mol. The molecule has 6 heteroatoms. The van der Waals surface area contributed by atoms with Crippen LogP contribution in [0.4, 0.5) is 5.69 Å². The summed E-state index contributed by atoms with van der Waals surface area (Å²) >= 11 is 0. The predicted octanol–water partition coefficient (Wildman–Crippen LogP) is 1.63. The highest BCUT2D eigenvalue weighted by atomic mass is 16.5. The molecule has 0 saturated carbocycles. The van der Waals surface area contributed by atoms with Crippen LogP contribution in [0.1, 0.15) is 23.0 Å². The molecule has 3 N–H and O–H groups in total. The van der Waals surface area contributed by atoms with Crippen molar-refractivity contribution in [3.05, 3.63) is 48.0 Å². The van der Waals surface area contributed by atoms with E-state index in [-0.39, 0.29) is 5.91 Å². The van der Waals surface area contributed by atoms with Crippen LogP contribution in [0, 0.1) is 0 Å². The average Bonchev–Trinajstić information content (AvgIpc) is 2.95. The van der Waals surface area contributed by atoms with Crippen molar-refractivity contribution >= 4 is 11.6 Å². The summed E-state index contributed by atoms with van der Waals surface area (Å²) in [7, 11) is 0. The lowest BCUT2D eigenvalue weighted by atomic mass is 10.2. The monoisotopic (exact) mass is 288 g/mol. The Balaban J connectivity index is 2.07. The van der Waals surface area contributed by atoms with Crippen molar-refractivity contribution in [2.75, 3.05) is 18.5 Å². The molecule has 0 radical (unpaired) electrons. The van der Waals surface area contributed by atoms with Gasteiger partial charge in [0.2, 0.25) is 0 Å². The molecule has 1 heterocycles. The summed E-state index contributed by atoms with van der Waals surface area (Å²) in [5, 5.41) is 2.87. The first kappa shape index (κ1) is 15.2. The van der Waals surface area contributed by atoms with Crippen molar-refractivity contribution in [2.45, 2.75) is 20.1 Å². The normalized spacial score (nSPS) is 10.6. The number of amides is 1. The van der Waals surface area contributed by atoms with Gasteiger partial charge in [0.1, 0.15) is 5.69 Å². The first-order valence-electron chi connectivity index (χ1n) is 6.93. The van der Waals surface area contributed by atoms with E-state index in [4.69, 9.17) is 10.5 Å². The summed E-state index contributed by atoms with van der Waals surface area (Å²) in [5.41, 5.74) is 7.52. The van der Waals surface area contributed by atoms with E-state index in [0.29, 0.717) is 32.0 Å². The number of rotatable bonds is 7. The van der Waals surface area contributed by atoms with Crippen LogP contribution in [-0.2, 0) is 17.9 Å². The number of anilines is 1. The number of nitrogens with zero attached hydrogens (tertiary/aromatic N) is 2. The van der Waals surface area contributed by atoms with Crippen LogP contribution in [-0.4, -0.2) is 28.6 Å². The van der Waals surface area contributed by atoms with E-state index in [9.17, 15) is 4.79 Å². The van der Waals surface area contributed by atoms with E-state index in [1.807, 2.05) is 31.2 Å². The number of hydrogen-bond donors (Lipinski definition) is 2. The summed E-state index contributed by atoms with van der Waals surface area (Å²) < 4.78 is 7.19. The fourth-order valence-corrected chi connectivity index (χ4v) is 1.92. The molecule has 0 unspecified atom stereocenters. The molecular weight excluding hydrogens is 268 g/mol. The van der Waals surface area contributed by atoms with Gasteiger partial charge >= 0.3 is 0 Å². The van der Waals surface area contributed by atoms with Crippen LogP contribution in [0.25, 0.3) is 0 Å². The van der Waals surface area contributed by atoms with Crippen molar-refractivity contribution in [3.63, 3.8) is 0 Å². The van der Waals surface area contributed by atoms with E-state index >= 15 is 0 Å². The highest BCUT2D eigenvalue weighted by Gasteiger charge is 2.11. The number of hydrogen-bond acceptors (Lipinski definition) is 4. The lowest BCUT2D eigenvalue weighted by Gasteiger charge is -2.10. The minimum absolute atomic E-state index is 0.241. The SMILES string of the molecule is CCOCc1ccccc1NC(=O)c1cn(CCN)cn1. The summed E-state index contributed by atoms with van der Waals surface area (Å²) in [6.45, 7) is 4.18. The van der Waals surface area contributed by atoms with Crippen LogP contribution in [0.3, 0.4) is 0 Å². The molecule has 2 aromatic rings. The highest BCUT2D eigenvalue weighted by molar-refractivity contribution is 6.03. The minimum Gasteiger partial charge on any atom is -0.377 e. The summed E-state index contributed by atoms with van der Waals surface area (Å²) in [6.07, 6.45) is 3.29. The summed E-state index contributed by atoms with van der Waals surface area (Å²) in [5.74, 6) is -0.241. The molecule has 112 valence electrons. The van der Waals surface area contributed by atoms with Crippen LogP contribution in [0.5, 0.6) is 0 Å². The Morgan fingerprint density at radius 1 is 1.43 bits per heavy atom. The topological polar surface area (TPSA) is 82.2 Å². The Morgan fingerprint density at radius 3 is 3.00 bits per heavy atom. The lowest BCUT2D eigenvalue weighted by molar-refractivity contribution is 0.102. The third-order valence-electron chi connectivity index (χ3n) is 2.98. The molecule has 0 saturated heterocycles. The van der Waals surface area contributed by atoms with Crippen molar-refractivity contribution in [1.29, 1.82) is 0 Å². The van der Waals surface area contributed by atoms with Crippen molar-refractivity contribution in [3.8, 4) is 0 Å². The lowest BCUT2D eigenvalue weighted by Crippen LogP contribution is -2.14. The summed E-state index contributed by atoms with van der Waals surface area (Å²) in [6, 6.07) is 7.57. The van der Waals surface area contributed by atoms with Crippen LogP contribution >= 0.6 is 0 Å². The standard InChI is InChI=1S/C15H20N4O2/c1-2-21-10-12-5-3-4-6-13(12)18-15(20)14-9-19(8-7-16)11-17-14/h3-6,9,11H,2,7-8,10,16H2,1H3,(H,18,20). The van der Waals surface area contributed by atoms with Gasteiger partial charge in [0.15, 0.2) is 0 Å². The molecule has 0 atom stereocenters. The molecule has 0 aliphatic rings. The Labute approximate surface area is 123 Å². The number of benzene rings is 1. The minimum atomic E-state index is -0.241. The Bertz CT molecular complexity index is 595. The maximum atomic E-state index is 12.2. The predicted molar refractivity (Wildman–Crippen MR) is 81.0 cm³/mol. The van der Waals surface area contributed by atoms with Gasteiger partial charge in [0.05, 0.1) is 12.9 Å². The largest absolute Gasteiger partial charge is 0.377 e. The molecule has 21 heavy (non-hydrogen) atoms. The van der Waals surface area contributed by atoms with Crippen LogP contribution < -0.4 is 11.1 Å².